The first-order valence-corrected chi connectivity index (χ1v) is 7.24. The Labute approximate surface area is 128 Å². The fraction of sp³-hybridized carbons (Fsp3) is 0.500. The molecule has 22 heavy (non-hydrogen) atoms. The first-order chi connectivity index (χ1) is 10.6. The Balaban J connectivity index is 1.60. The van der Waals surface area contributed by atoms with Gasteiger partial charge in [-0.3, -0.25) is 14.8 Å². The number of amides is 1. The highest BCUT2D eigenvalue weighted by molar-refractivity contribution is 5.92. The predicted octanol–water partition coefficient (Wildman–Crippen LogP) is 0.0763. The summed E-state index contributed by atoms with van der Waals surface area (Å²) in [6.45, 7) is 2.49. The Bertz CT molecular complexity index is 649. The van der Waals surface area contributed by atoms with E-state index < -0.39 is 0 Å². The molecule has 8 heteroatoms. The third-order valence-electron chi connectivity index (χ3n) is 3.84. The van der Waals surface area contributed by atoms with E-state index in [2.05, 4.69) is 25.4 Å². The molecule has 1 aliphatic heterocycles. The molecule has 1 unspecified atom stereocenters. The lowest BCUT2D eigenvalue weighted by Crippen LogP contribution is -2.37. The lowest BCUT2D eigenvalue weighted by atomic mass is 10.2. The number of rotatable bonds is 4. The molecule has 118 valence electrons. The van der Waals surface area contributed by atoms with Crippen LogP contribution in [0.3, 0.4) is 0 Å². The van der Waals surface area contributed by atoms with Crippen molar-refractivity contribution in [3.8, 4) is 0 Å². The fourth-order valence-electron chi connectivity index (χ4n) is 2.45. The van der Waals surface area contributed by atoms with E-state index in [1.165, 1.54) is 0 Å². The van der Waals surface area contributed by atoms with Crippen LogP contribution in [0.25, 0.3) is 0 Å². The summed E-state index contributed by atoms with van der Waals surface area (Å²) < 4.78 is 7.24. The van der Waals surface area contributed by atoms with Gasteiger partial charge in [0, 0.05) is 19.8 Å². The van der Waals surface area contributed by atoms with Crippen molar-refractivity contribution in [2.45, 2.75) is 12.6 Å². The van der Waals surface area contributed by atoms with Crippen LogP contribution < -0.4 is 5.32 Å². The largest absolute Gasteiger partial charge is 0.378 e. The minimum absolute atomic E-state index is 0.0577. The molecule has 3 heterocycles. The Morgan fingerprint density at radius 1 is 1.55 bits per heavy atom. The molecule has 0 aromatic carbocycles. The number of aryl methyl sites for hydroxylation is 1. The summed E-state index contributed by atoms with van der Waals surface area (Å²) >= 11 is 0. The molecule has 3 rings (SSSR count). The summed E-state index contributed by atoms with van der Waals surface area (Å²) in [5.74, 6) is 1.20. The lowest BCUT2D eigenvalue weighted by molar-refractivity contribution is 0.00193. The van der Waals surface area contributed by atoms with E-state index in [1.54, 1.807) is 10.6 Å². The molecule has 1 atom stereocenters. The number of likely N-dealkylation sites (N-methyl/N-ethyl adjacent to an activating group) is 1. The number of ether oxygens (including phenoxy) is 1. The topological polar surface area (TPSA) is 88.1 Å². The van der Waals surface area contributed by atoms with Crippen molar-refractivity contribution in [1.29, 1.82) is 0 Å². The number of hydrogen-bond donors (Lipinski definition) is 2. The molecule has 0 spiro atoms. The average Bonchev–Trinajstić information content (AvgIpc) is 3.14. The van der Waals surface area contributed by atoms with Gasteiger partial charge in [0.25, 0.3) is 5.91 Å². The first kappa shape index (κ1) is 14.7. The number of carbonyl (C=O) groups excluding carboxylic acids is 1. The fourth-order valence-corrected chi connectivity index (χ4v) is 2.45. The highest BCUT2D eigenvalue weighted by Gasteiger charge is 2.25. The van der Waals surface area contributed by atoms with Crippen molar-refractivity contribution in [2.24, 2.45) is 7.05 Å². The van der Waals surface area contributed by atoms with E-state index in [9.17, 15) is 4.79 Å². The van der Waals surface area contributed by atoms with E-state index in [0.717, 1.165) is 13.2 Å². The maximum Gasteiger partial charge on any atom is 0.268 e. The number of H-pyrrole nitrogens is 1. The van der Waals surface area contributed by atoms with Crippen molar-refractivity contribution in [3.63, 3.8) is 0 Å². The van der Waals surface area contributed by atoms with Gasteiger partial charge in [-0.2, -0.15) is 5.10 Å². The van der Waals surface area contributed by atoms with E-state index in [-0.39, 0.29) is 11.9 Å². The smallest absolute Gasteiger partial charge is 0.268 e. The van der Waals surface area contributed by atoms with Crippen LogP contribution in [0.15, 0.2) is 18.3 Å². The van der Waals surface area contributed by atoms with E-state index in [4.69, 9.17) is 4.74 Å². The molecule has 0 bridgehead atoms. The van der Waals surface area contributed by atoms with Gasteiger partial charge in [-0.15, -0.1) is 0 Å². The highest BCUT2D eigenvalue weighted by atomic mass is 16.5. The third-order valence-corrected chi connectivity index (χ3v) is 3.84. The molecule has 1 aliphatic rings. The molecule has 1 fully saturated rings. The maximum absolute atomic E-state index is 12.0. The summed E-state index contributed by atoms with van der Waals surface area (Å²) in [7, 11) is 3.86. The van der Waals surface area contributed by atoms with E-state index >= 15 is 0 Å². The van der Waals surface area contributed by atoms with E-state index in [0.29, 0.717) is 30.5 Å². The summed E-state index contributed by atoms with van der Waals surface area (Å²) in [6, 6.07) is 3.66. The number of nitrogens with one attached hydrogen (secondary N) is 2. The van der Waals surface area contributed by atoms with Crippen LogP contribution >= 0.6 is 0 Å². The summed E-state index contributed by atoms with van der Waals surface area (Å²) in [5.41, 5.74) is 0.611. The van der Waals surface area contributed by atoms with Gasteiger partial charge in [0.15, 0.2) is 5.82 Å². The van der Waals surface area contributed by atoms with Crippen molar-refractivity contribution in [2.75, 3.05) is 26.8 Å². The highest BCUT2D eigenvalue weighted by Crippen LogP contribution is 2.18. The molecule has 1 amide bonds. The van der Waals surface area contributed by atoms with Crippen LogP contribution in [-0.4, -0.2) is 57.4 Å². The third kappa shape index (κ3) is 3.02. The van der Waals surface area contributed by atoms with E-state index in [1.807, 2.05) is 26.4 Å². The second-order valence-corrected chi connectivity index (χ2v) is 5.40. The molecular weight excluding hydrogens is 284 g/mol. The number of aromatic nitrogens is 4. The van der Waals surface area contributed by atoms with Crippen LogP contribution in [0.4, 0.5) is 0 Å². The summed E-state index contributed by atoms with van der Waals surface area (Å²) in [4.78, 5) is 18.7. The lowest BCUT2D eigenvalue weighted by Gasteiger charge is -2.30. The molecule has 2 aromatic rings. The van der Waals surface area contributed by atoms with Gasteiger partial charge in [-0.25, -0.2) is 4.98 Å². The molecule has 0 aliphatic carbocycles. The van der Waals surface area contributed by atoms with Crippen molar-refractivity contribution >= 4 is 5.91 Å². The Morgan fingerprint density at radius 2 is 2.41 bits per heavy atom. The second kappa shape index (κ2) is 6.29. The van der Waals surface area contributed by atoms with Gasteiger partial charge >= 0.3 is 0 Å². The van der Waals surface area contributed by atoms with Crippen LogP contribution in [0, 0.1) is 0 Å². The first-order valence-electron chi connectivity index (χ1n) is 7.24. The minimum atomic E-state index is -0.136. The van der Waals surface area contributed by atoms with Gasteiger partial charge in [0.2, 0.25) is 0 Å². The van der Waals surface area contributed by atoms with Gasteiger partial charge in [-0.1, -0.05) is 0 Å². The molecule has 8 nitrogen and oxygen atoms in total. The zero-order valence-electron chi connectivity index (χ0n) is 12.7. The van der Waals surface area contributed by atoms with Gasteiger partial charge < -0.3 is 14.6 Å². The molecule has 0 radical (unpaired) electrons. The average molecular weight is 304 g/mol. The monoisotopic (exact) mass is 304 g/mol. The molecular formula is C14H20N6O2. The SMILES string of the molecule is CN1CCOCC1c1n[nH]c(CNC(=O)c2cccn2C)n1. The Kier molecular flexibility index (Phi) is 4.21. The van der Waals surface area contributed by atoms with Crippen molar-refractivity contribution in [3.05, 3.63) is 35.7 Å². The predicted molar refractivity (Wildman–Crippen MR) is 79.2 cm³/mol. The van der Waals surface area contributed by atoms with Crippen LogP contribution in [0.5, 0.6) is 0 Å². The zero-order valence-corrected chi connectivity index (χ0v) is 12.7. The Morgan fingerprint density at radius 3 is 3.14 bits per heavy atom. The standard InChI is InChI=1S/C14H20N6O2/c1-19-5-3-4-10(19)14(21)15-8-12-16-13(18-17-12)11-9-22-7-6-20(11)2/h3-5,11H,6-9H2,1-2H3,(H,15,21)(H,16,17,18). The second-order valence-electron chi connectivity index (χ2n) is 5.40. The quantitative estimate of drug-likeness (QED) is 0.835. The number of morpholine rings is 1. The molecule has 2 aromatic heterocycles. The Hall–Kier alpha value is -2.19. The summed E-state index contributed by atoms with van der Waals surface area (Å²) in [6.07, 6.45) is 1.83. The normalized spacial score (nSPS) is 19.3. The van der Waals surface area contributed by atoms with Gasteiger partial charge in [0.05, 0.1) is 25.8 Å². The van der Waals surface area contributed by atoms with Crippen molar-refractivity contribution in [1.82, 2.24) is 30.0 Å². The summed E-state index contributed by atoms with van der Waals surface area (Å²) in [5, 5.41) is 9.94. The van der Waals surface area contributed by atoms with Gasteiger partial charge in [0.1, 0.15) is 11.5 Å². The number of carbonyl (C=O) groups is 1. The minimum Gasteiger partial charge on any atom is -0.378 e. The van der Waals surface area contributed by atoms with Crippen LogP contribution in [0.2, 0.25) is 0 Å². The van der Waals surface area contributed by atoms with Crippen LogP contribution in [-0.2, 0) is 18.3 Å². The molecule has 2 N–H and O–H groups in total. The zero-order chi connectivity index (χ0) is 15.5. The molecule has 1 saturated heterocycles. The van der Waals surface area contributed by atoms with Crippen LogP contribution in [0.1, 0.15) is 28.2 Å². The van der Waals surface area contributed by atoms with Crippen molar-refractivity contribution < 1.29 is 9.53 Å². The maximum atomic E-state index is 12.0. The number of aromatic amines is 1. The molecule has 0 saturated carbocycles. The number of hydrogen-bond acceptors (Lipinski definition) is 5. The van der Waals surface area contributed by atoms with Gasteiger partial charge in [-0.05, 0) is 19.2 Å². The number of nitrogens with zero attached hydrogens (tertiary/aromatic N) is 4.